The van der Waals surface area contributed by atoms with E-state index >= 15 is 0 Å². The molecule has 1 rings (SSSR count). The van der Waals surface area contributed by atoms with Gasteiger partial charge in [0.2, 0.25) is 5.91 Å². The summed E-state index contributed by atoms with van der Waals surface area (Å²) in [4.78, 5) is 13.9. The van der Waals surface area contributed by atoms with Crippen molar-refractivity contribution in [3.05, 3.63) is 0 Å². The van der Waals surface area contributed by atoms with Gasteiger partial charge in [-0.05, 0) is 46.7 Å². The Kier molecular flexibility index (Phi) is 5.40. The van der Waals surface area contributed by atoms with Crippen LogP contribution in [-0.2, 0) is 4.79 Å². The zero-order valence-corrected chi connectivity index (χ0v) is 11.7. The monoisotopic (exact) mass is 241 g/mol. The van der Waals surface area contributed by atoms with E-state index in [1.54, 1.807) is 0 Å². The Hall–Kier alpha value is -0.610. The van der Waals surface area contributed by atoms with E-state index in [1.807, 2.05) is 0 Å². The van der Waals surface area contributed by atoms with Crippen LogP contribution in [0, 0.1) is 5.92 Å². The summed E-state index contributed by atoms with van der Waals surface area (Å²) in [6.45, 7) is 10.2. The molecular weight excluding hydrogens is 214 g/mol. The van der Waals surface area contributed by atoms with Crippen LogP contribution in [0.4, 0.5) is 0 Å². The first-order valence-corrected chi connectivity index (χ1v) is 6.57. The van der Waals surface area contributed by atoms with Gasteiger partial charge in [0.05, 0.1) is 0 Å². The quantitative estimate of drug-likeness (QED) is 0.749. The number of carbonyl (C=O) groups excluding carboxylic acids is 1. The maximum Gasteiger partial charge on any atom is 0.221 e. The Bertz CT molecular complexity index is 248. The Labute approximate surface area is 105 Å². The molecule has 4 heteroatoms. The molecule has 17 heavy (non-hydrogen) atoms. The highest BCUT2D eigenvalue weighted by Crippen LogP contribution is 2.12. The number of rotatable bonds is 5. The first-order chi connectivity index (χ1) is 7.87. The van der Waals surface area contributed by atoms with Crippen LogP contribution in [-0.4, -0.2) is 49.6 Å². The largest absolute Gasteiger partial charge is 0.356 e. The van der Waals surface area contributed by atoms with Gasteiger partial charge in [-0.25, -0.2) is 0 Å². The molecular formula is C13H27N3O. The molecule has 1 amide bonds. The number of hydrogen-bond acceptors (Lipinski definition) is 3. The van der Waals surface area contributed by atoms with E-state index in [0.29, 0.717) is 12.3 Å². The lowest BCUT2D eigenvalue weighted by Crippen LogP contribution is -2.39. The molecule has 1 fully saturated rings. The second-order valence-corrected chi connectivity index (χ2v) is 6.15. The minimum absolute atomic E-state index is 0.0917. The van der Waals surface area contributed by atoms with Gasteiger partial charge >= 0.3 is 0 Å². The van der Waals surface area contributed by atoms with E-state index < -0.39 is 0 Å². The van der Waals surface area contributed by atoms with Crippen LogP contribution in [0.2, 0.25) is 0 Å². The zero-order chi connectivity index (χ0) is 12.9. The van der Waals surface area contributed by atoms with E-state index in [9.17, 15) is 4.79 Å². The summed E-state index contributed by atoms with van der Waals surface area (Å²) in [5.74, 6) is 0.802. The summed E-state index contributed by atoms with van der Waals surface area (Å²) >= 11 is 0. The molecule has 1 unspecified atom stereocenters. The molecule has 0 radical (unpaired) electrons. The van der Waals surface area contributed by atoms with Crippen molar-refractivity contribution in [1.29, 1.82) is 0 Å². The van der Waals surface area contributed by atoms with E-state index in [2.05, 4.69) is 43.4 Å². The molecule has 0 aromatic rings. The van der Waals surface area contributed by atoms with Crippen molar-refractivity contribution in [3.63, 3.8) is 0 Å². The second-order valence-electron chi connectivity index (χ2n) is 6.15. The Morgan fingerprint density at radius 3 is 2.65 bits per heavy atom. The van der Waals surface area contributed by atoms with Gasteiger partial charge in [0, 0.05) is 31.6 Å². The van der Waals surface area contributed by atoms with Crippen molar-refractivity contribution in [2.75, 3.05) is 33.2 Å². The van der Waals surface area contributed by atoms with Crippen LogP contribution >= 0.6 is 0 Å². The number of nitrogens with one attached hydrogen (secondary N) is 2. The van der Waals surface area contributed by atoms with Crippen molar-refractivity contribution in [2.24, 2.45) is 5.92 Å². The molecule has 0 aliphatic carbocycles. The summed E-state index contributed by atoms with van der Waals surface area (Å²) in [6.07, 6.45) is 1.77. The highest BCUT2D eigenvalue weighted by Gasteiger charge is 2.19. The summed E-state index contributed by atoms with van der Waals surface area (Å²) in [7, 11) is 2.13. The molecule has 1 heterocycles. The number of amides is 1. The molecule has 2 N–H and O–H groups in total. The van der Waals surface area contributed by atoms with Gasteiger partial charge in [-0.1, -0.05) is 0 Å². The fourth-order valence-corrected chi connectivity index (χ4v) is 2.09. The van der Waals surface area contributed by atoms with Crippen molar-refractivity contribution in [1.82, 2.24) is 15.5 Å². The summed E-state index contributed by atoms with van der Waals surface area (Å²) in [5.41, 5.74) is 0.0917. The number of hydrogen-bond donors (Lipinski definition) is 2. The molecule has 100 valence electrons. The number of nitrogens with zero attached hydrogens (tertiary/aromatic N) is 1. The topological polar surface area (TPSA) is 44.4 Å². The Morgan fingerprint density at radius 2 is 2.12 bits per heavy atom. The van der Waals surface area contributed by atoms with E-state index in [1.165, 1.54) is 6.42 Å². The minimum atomic E-state index is 0.0917. The number of likely N-dealkylation sites (tertiary alicyclic amines) is 1. The zero-order valence-electron chi connectivity index (χ0n) is 11.7. The third-order valence-electron chi connectivity index (χ3n) is 3.08. The lowest BCUT2D eigenvalue weighted by molar-refractivity contribution is -0.121. The fourth-order valence-electron chi connectivity index (χ4n) is 2.09. The second kappa shape index (κ2) is 6.36. The van der Waals surface area contributed by atoms with Crippen LogP contribution in [0.5, 0.6) is 0 Å². The highest BCUT2D eigenvalue weighted by molar-refractivity contribution is 5.76. The molecule has 4 nitrogen and oxygen atoms in total. The van der Waals surface area contributed by atoms with Gasteiger partial charge in [-0.15, -0.1) is 0 Å². The Balaban J connectivity index is 2.05. The molecule has 1 atom stereocenters. The lowest BCUT2D eigenvalue weighted by atomic mass is 10.1. The first-order valence-electron chi connectivity index (χ1n) is 6.57. The van der Waals surface area contributed by atoms with Crippen molar-refractivity contribution < 1.29 is 4.79 Å². The van der Waals surface area contributed by atoms with Crippen molar-refractivity contribution in [2.45, 2.75) is 39.2 Å². The standard InChI is InChI=1S/C13H27N3O/c1-13(2,3)15-7-5-12(17)14-9-11-6-8-16(4)10-11/h11,15H,5-10H2,1-4H3,(H,14,17). The predicted octanol–water partition coefficient (Wildman–Crippen LogP) is 0.833. The fraction of sp³-hybridized carbons (Fsp3) is 0.923. The number of carbonyl (C=O) groups is 1. The Morgan fingerprint density at radius 1 is 1.41 bits per heavy atom. The van der Waals surface area contributed by atoms with E-state index in [4.69, 9.17) is 0 Å². The molecule has 0 aromatic heterocycles. The maximum absolute atomic E-state index is 11.6. The molecule has 1 saturated heterocycles. The third-order valence-corrected chi connectivity index (χ3v) is 3.08. The smallest absolute Gasteiger partial charge is 0.221 e. The normalized spacial score (nSPS) is 21.8. The van der Waals surface area contributed by atoms with E-state index in [0.717, 1.165) is 26.2 Å². The summed E-state index contributed by atoms with van der Waals surface area (Å²) < 4.78 is 0. The summed E-state index contributed by atoms with van der Waals surface area (Å²) in [5, 5.41) is 6.34. The maximum atomic E-state index is 11.6. The van der Waals surface area contributed by atoms with Crippen LogP contribution in [0.25, 0.3) is 0 Å². The average molecular weight is 241 g/mol. The minimum Gasteiger partial charge on any atom is -0.356 e. The SMILES string of the molecule is CN1CCC(CNC(=O)CCNC(C)(C)C)C1. The summed E-state index contributed by atoms with van der Waals surface area (Å²) in [6, 6.07) is 0. The average Bonchev–Trinajstić information content (AvgIpc) is 2.59. The van der Waals surface area contributed by atoms with Gasteiger partial charge in [0.15, 0.2) is 0 Å². The first kappa shape index (κ1) is 14.5. The highest BCUT2D eigenvalue weighted by atomic mass is 16.1. The van der Waals surface area contributed by atoms with Gasteiger partial charge in [-0.2, -0.15) is 0 Å². The van der Waals surface area contributed by atoms with Crippen LogP contribution < -0.4 is 10.6 Å². The molecule has 0 spiro atoms. The lowest BCUT2D eigenvalue weighted by Gasteiger charge is -2.20. The molecule has 0 aromatic carbocycles. The molecule has 1 aliphatic rings. The van der Waals surface area contributed by atoms with Gasteiger partial charge in [-0.3, -0.25) is 4.79 Å². The van der Waals surface area contributed by atoms with Crippen LogP contribution in [0.15, 0.2) is 0 Å². The van der Waals surface area contributed by atoms with Crippen LogP contribution in [0.1, 0.15) is 33.6 Å². The van der Waals surface area contributed by atoms with Crippen molar-refractivity contribution >= 4 is 5.91 Å². The van der Waals surface area contributed by atoms with Crippen molar-refractivity contribution in [3.8, 4) is 0 Å². The molecule has 0 saturated carbocycles. The van der Waals surface area contributed by atoms with Gasteiger partial charge in [0.1, 0.15) is 0 Å². The predicted molar refractivity (Wildman–Crippen MR) is 71.0 cm³/mol. The van der Waals surface area contributed by atoms with Gasteiger partial charge in [0.25, 0.3) is 0 Å². The van der Waals surface area contributed by atoms with Crippen LogP contribution in [0.3, 0.4) is 0 Å². The van der Waals surface area contributed by atoms with E-state index in [-0.39, 0.29) is 11.4 Å². The van der Waals surface area contributed by atoms with Gasteiger partial charge < -0.3 is 15.5 Å². The third kappa shape index (κ3) is 6.64. The molecule has 0 bridgehead atoms. The molecule has 1 aliphatic heterocycles.